The number of aromatic nitrogens is 1. The van der Waals surface area contributed by atoms with Crippen molar-refractivity contribution in [2.75, 3.05) is 6.54 Å². The van der Waals surface area contributed by atoms with Crippen LogP contribution in [0.3, 0.4) is 0 Å². The van der Waals surface area contributed by atoms with Crippen molar-refractivity contribution in [2.45, 2.75) is 58.4 Å². The SMILES string of the molecule is CCCNC(c1ccc(C)nc1)C1CCCCC1. The number of nitrogens with zero attached hydrogens (tertiary/aromatic N) is 1. The minimum Gasteiger partial charge on any atom is -0.310 e. The van der Waals surface area contributed by atoms with Crippen LogP contribution in [0.4, 0.5) is 0 Å². The van der Waals surface area contributed by atoms with Gasteiger partial charge in [-0.2, -0.15) is 0 Å². The molecule has 0 bridgehead atoms. The summed E-state index contributed by atoms with van der Waals surface area (Å²) < 4.78 is 0. The van der Waals surface area contributed by atoms with Crippen LogP contribution >= 0.6 is 0 Å². The van der Waals surface area contributed by atoms with Gasteiger partial charge in [0.15, 0.2) is 0 Å². The summed E-state index contributed by atoms with van der Waals surface area (Å²) >= 11 is 0. The van der Waals surface area contributed by atoms with Crippen molar-refractivity contribution in [1.29, 1.82) is 0 Å². The molecule has 0 radical (unpaired) electrons. The molecule has 100 valence electrons. The van der Waals surface area contributed by atoms with Crippen LogP contribution in [-0.4, -0.2) is 11.5 Å². The van der Waals surface area contributed by atoms with E-state index in [1.807, 2.05) is 0 Å². The number of hydrogen-bond donors (Lipinski definition) is 1. The molecule has 1 aromatic rings. The lowest BCUT2D eigenvalue weighted by atomic mass is 9.81. The van der Waals surface area contributed by atoms with Gasteiger partial charge in [-0.15, -0.1) is 0 Å². The standard InChI is InChI=1S/C16H26N2/c1-3-11-17-16(14-7-5-4-6-8-14)15-10-9-13(2)18-12-15/h9-10,12,14,16-17H,3-8,11H2,1-2H3. The van der Waals surface area contributed by atoms with Crippen LogP contribution in [0.25, 0.3) is 0 Å². The Kier molecular flexibility index (Phi) is 5.18. The molecule has 1 fully saturated rings. The van der Waals surface area contributed by atoms with E-state index in [4.69, 9.17) is 0 Å². The maximum Gasteiger partial charge on any atom is 0.0372 e. The summed E-state index contributed by atoms with van der Waals surface area (Å²) in [5.41, 5.74) is 2.48. The zero-order valence-corrected chi connectivity index (χ0v) is 11.8. The van der Waals surface area contributed by atoms with Crippen molar-refractivity contribution in [3.63, 3.8) is 0 Å². The van der Waals surface area contributed by atoms with E-state index in [9.17, 15) is 0 Å². The number of nitrogens with one attached hydrogen (secondary N) is 1. The van der Waals surface area contributed by atoms with E-state index in [1.54, 1.807) is 0 Å². The lowest BCUT2D eigenvalue weighted by Crippen LogP contribution is -2.30. The summed E-state index contributed by atoms with van der Waals surface area (Å²) in [5.74, 6) is 0.801. The smallest absolute Gasteiger partial charge is 0.0372 e. The first-order chi connectivity index (χ1) is 8.81. The Labute approximate surface area is 111 Å². The Hall–Kier alpha value is -0.890. The molecule has 2 heteroatoms. The summed E-state index contributed by atoms with van der Waals surface area (Å²) in [6.07, 6.45) is 10.2. The van der Waals surface area contributed by atoms with E-state index >= 15 is 0 Å². The van der Waals surface area contributed by atoms with Crippen LogP contribution in [0.2, 0.25) is 0 Å². The topological polar surface area (TPSA) is 24.9 Å². The highest BCUT2D eigenvalue weighted by Crippen LogP contribution is 2.34. The Morgan fingerprint density at radius 3 is 2.67 bits per heavy atom. The highest BCUT2D eigenvalue weighted by atomic mass is 14.9. The van der Waals surface area contributed by atoms with Gasteiger partial charge in [-0.05, 0) is 50.3 Å². The molecule has 1 aliphatic carbocycles. The molecule has 1 aromatic heterocycles. The van der Waals surface area contributed by atoms with E-state index in [1.165, 1.54) is 44.1 Å². The zero-order chi connectivity index (χ0) is 12.8. The van der Waals surface area contributed by atoms with Crippen LogP contribution in [0.1, 0.15) is 62.7 Å². The van der Waals surface area contributed by atoms with E-state index in [2.05, 4.69) is 42.5 Å². The van der Waals surface area contributed by atoms with Crippen molar-refractivity contribution in [3.8, 4) is 0 Å². The number of rotatable bonds is 5. The fraction of sp³-hybridized carbons (Fsp3) is 0.688. The summed E-state index contributed by atoms with van der Waals surface area (Å²) in [7, 11) is 0. The monoisotopic (exact) mass is 246 g/mol. The van der Waals surface area contributed by atoms with Gasteiger partial charge >= 0.3 is 0 Å². The van der Waals surface area contributed by atoms with Gasteiger partial charge in [0.25, 0.3) is 0 Å². The summed E-state index contributed by atoms with van der Waals surface area (Å²) in [4.78, 5) is 4.46. The first-order valence-corrected chi connectivity index (χ1v) is 7.47. The Morgan fingerprint density at radius 1 is 1.28 bits per heavy atom. The summed E-state index contributed by atoms with van der Waals surface area (Å²) in [5, 5.41) is 3.73. The number of hydrogen-bond acceptors (Lipinski definition) is 2. The van der Waals surface area contributed by atoms with Crippen LogP contribution in [0.5, 0.6) is 0 Å². The molecular weight excluding hydrogens is 220 g/mol. The minimum absolute atomic E-state index is 0.512. The van der Waals surface area contributed by atoms with Crippen molar-refractivity contribution < 1.29 is 0 Å². The van der Waals surface area contributed by atoms with Crippen LogP contribution < -0.4 is 5.32 Å². The second-order valence-corrected chi connectivity index (χ2v) is 5.56. The van der Waals surface area contributed by atoms with Crippen molar-refractivity contribution >= 4 is 0 Å². The van der Waals surface area contributed by atoms with Gasteiger partial charge in [-0.1, -0.05) is 32.3 Å². The molecule has 18 heavy (non-hydrogen) atoms. The van der Waals surface area contributed by atoms with Crippen LogP contribution in [0, 0.1) is 12.8 Å². The average Bonchev–Trinajstić information content (AvgIpc) is 2.42. The molecular formula is C16H26N2. The van der Waals surface area contributed by atoms with Crippen molar-refractivity contribution in [1.82, 2.24) is 10.3 Å². The second kappa shape index (κ2) is 6.89. The van der Waals surface area contributed by atoms with E-state index < -0.39 is 0 Å². The summed E-state index contributed by atoms with van der Waals surface area (Å²) in [6.45, 7) is 5.40. The molecule has 1 N–H and O–H groups in total. The predicted molar refractivity (Wildman–Crippen MR) is 76.6 cm³/mol. The maximum atomic E-state index is 4.46. The Balaban J connectivity index is 2.10. The quantitative estimate of drug-likeness (QED) is 0.849. The summed E-state index contributed by atoms with van der Waals surface area (Å²) in [6, 6.07) is 4.90. The molecule has 0 spiro atoms. The third-order valence-corrected chi connectivity index (χ3v) is 4.03. The number of pyridine rings is 1. The molecule has 1 heterocycles. The Morgan fingerprint density at radius 2 is 2.06 bits per heavy atom. The molecule has 1 atom stereocenters. The Bertz CT molecular complexity index is 339. The molecule has 2 nitrogen and oxygen atoms in total. The fourth-order valence-electron chi connectivity index (χ4n) is 2.99. The first kappa shape index (κ1) is 13.5. The molecule has 0 aliphatic heterocycles. The molecule has 1 unspecified atom stereocenters. The van der Waals surface area contributed by atoms with Gasteiger partial charge in [0.2, 0.25) is 0 Å². The van der Waals surface area contributed by atoms with Gasteiger partial charge < -0.3 is 5.32 Å². The van der Waals surface area contributed by atoms with Gasteiger partial charge in [-0.25, -0.2) is 0 Å². The van der Waals surface area contributed by atoms with E-state index in [-0.39, 0.29) is 0 Å². The molecule has 1 aliphatic rings. The normalized spacial score (nSPS) is 18.8. The largest absolute Gasteiger partial charge is 0.310 e. The minimum atomic E-state index is 0.512. The van der Waals surface area contributed by atoms with E-state index in [0.717, 1.165) is 18.2 Å². The third-order valence-electron chi connectivity index (χ3n) is 4.03. The number of aryl methyl sites for hydroxylation is 1. The second-order valence-electron chi connectivity index (χ2n) is 5.56. The molecule has 0 aromatic carbocycles. The van der Waals surface area contributed by atoms with Gasteiger partial charge in [-0.3, -0.25) is 4.98 Å². The highest BCUT2D eigenvalue weighted by Gasteiger charge is 2.24. The highest BCUT2D eigenvalue weighted by molar-refractivity contribution is 5.18. The van der Waals surface area contributed by atoms with Crippen LogP contribution in [0.15, 0.2) is 18.3 Å². The molecule has 2 rings (SSSR count). The fourth-order valence-corrected chi connectivity index (χ4v) is 2.99. The maximum absolute atomic E-state index is 4.46. The molecule has 1 saturated carbocycles. The average molecular weight is 246 g/mol. The first-order valence-electron chi connectivity index (χ1n) is 7.47. The van der Waals surface area contributed by atoms with Gasteiger partial charge in [0.05, 0.1) is 0 Å². The van der Waals surface area contributed by atoms with Gasteiger partial charge in [0.1, 0.15) is 0 Å². The van der Waals surface area contributed by atoms with E-state index in [0.29, 0.717) is 6.04 Å². The predicted octanol–water partition coefficient (Wildman–Crippen LogP) is 4.01. The zero-order valence-electron chi connectivity index (χ0n) is 11.8. The van der Waals surface area contributed by atoms with Crippen molar-refractivity contribution in [2.24, 2.45) is 5.92 Å². The van der Waals surface area contributed by atoms with Crippen molar-refractivity contribution in [3.05, 3.63) is 29.6 Å². The third kappa shape index (κ3) is 3.55. The molecule has 0 saturated heterocycles. The lowest BCUT2D eigenvalue weighted by molar-refractivity contribution is 0.271. The molecule has 0 amide bonds. The lowest BCUT2D eigenvalue weighted by Gasteiger charge is -2.31. The van der Waals surface area contributed by atoms with Crippen LogP contribution in [-0.2, 0) is 0 Å². The van der Waals surface area contributed by atoms with Gasteiger partial charge in [0, 0.05) is 17.9 Å².